The first-order chi connectivity index (χ1) is 8.18. The molecule has 0 N–H and O–H groups in total. The van der Waals surface area contributed by atoms with Gasteiger partial charge in [0.2, 0.25) is 5.88 Å². The van der Waals surface area contributed by atoms with Crippen molar-refractivity contribution in [3.8, 4) is 5.88 Å². The zero-order valence-corrected chi connectivity index (χ0v) is 10.1. The summed E-state index contributed by atoms with van der Waals surface area (Å²) in [5.74, 6) is 0.743. The fourth-order valence-corrected chi connectivity index (χ4v) is 2.50. The van der Waals surface area contributed by atoms with Gasteiger partial charge in [0.15, 0.2) is 5.43 Å². The van der Waals surface area contributed by atoms with Gasteiger partial charge in [0.25, 0.3) is 0 Å². The van der Waals surface area contributed by atoms with Crippen LogP contribution in [0.25, 0.3) is 10.9 Å². The van der Waals surface area contributed by atoms with E-state index < -0.39 is 0 Å². The van der Waals surface area contributed by atoms with Crippen molar-refractivity contribution in [3.63, 3.8) is 0 Å². The van der Waals surface area contributed by atoms with Crippen LogP contribution in [0.2, 0.25) is 0 Å². The van der Waals surface area contributed by atoms with E-state index >= 15 is 0 Å². The van der Waals surface area contributed by atoms with E-state index in [1.165, 1.54) is 0 Å². The predicted octanol–water partition coefficient (Wildman–Crippen LogP) is 2.25. The lowest BCUT2D eigenvalue weighted by atomic mass is 10.0. The van der Waals surface area contributed by atoms with Gasteiger partial charge in [0.1, 0.15) is 0 Å². The second-order valence-corrected chi connectivity index (χ2v) is 4.66. The Bertz CT molecular complexity index is 642. The molecule has 3 heteroatoms. The highest BCUT2D eigenvalue weighted by molar-refractivity contribution is 5.80. The smallest absolute Gasteiger partial charge is 0.201 e. The molecule has 0 spiro atoms. The van der Waals surface area contributed by atoms with Crippen LogP contribution < -0.4 is 10.2 Å². The van der Waals surface area contributed by atoms with Crippen LogP contribution in [0.1, 0.15) is 18.9 Å². The summed E-state index contributed by atoms with van der Waals surface area (Å²) in [6.07, 6.45) is 1.92. The number of nitrogens with zero attached hydrogens (tertiary/aromatic N) is 1. The SMILES string of the molecule is CC1CCc2c(n(C)c3ccccc3c2=O)O1. The molecular formula is C14H15NO2. The summed E-state index contributed by atoms with van der Waals surface area (Å²) in [6.45, 7) is 2.04. The lowest BCUT2D eigenvalue weighted by molar-refractivity contribution is 0.176. The number of aryl methyl sites for hydroxylation is 1. The van der Waals surface area contributed by atoms with Crippen LogP contribution >= 0.6 is 0 Å². The second kappa shape index (κ2) is 3.62. The Hall–Kier alpha value is -1.77. The Balaban J connectivity index is 2.42. The molecule has 1 atom stereocenters. The van der Waals surface area contributed by atoms with Gasteiger partial charge in [-0.15, -0.1) is 0 Å². The third-order valence-electron chi connectivity index (χ3n) is 3.46. The number of pyridine rings is 1. The van der Waals surface area contributed by atoms with Gasteiger partial charge in [-0.1, -0.05) is 12.1 Å². The molecular weight excluding hydrogens is 214 g/mol. The summed E-state index contributed by atoms with van der Waals surface area (Å²) in [4.78, 5) is 12.3. The topological polar surface area (TPSA) is 31.2 Å². The summed E-state index contributed by atoms with van der Waals surface area (Å²) in [5.41, 5.74) is 1.88. The molecule has 2 aromatic rings. The first-order valence-corrected chi connectivity index (χ1v) is 5.95. The zero-order chi connectivity index (χ0) is 12.0. The van der Waals surface area contributed by atoms with Gasteiger partial charge in [0.05, 0.1) is 17.2 Å². The standard InChI is InChI=1S/C14H15NO2/c1-9-7-8-11-13(16)10-5-3-4-6-12(10)15(2)14(11)17-9/h3-6,9H,7-8H2,1-2H3. The van der Waals surface area contributed by atoms with E-state index in [1.807, 2.05) is 42.8 Å². The number of hydrogen-bond acceptors (Lipinski definition) is 2. The molecule has 0 amide bonds. The van der Waals surface area contributed by atoms with E-state index in [0.29, 0.717) is 0 Å². The van der Waals surface area contributed by atoms with Crippen LogP contribution in [-0.4, -0.2) is 10.7 Å². The Kier molecular flexibility index (Phi) is 2.21. The minimum absolute atomic E-state index is 0.126. The quantitative estimate of drug-likeness (QED) is 0.693. The number of para-hydroxylation sites is 1. The molecule has 1 aliphatic rings. The Morgan fingerprint density at radius 1 is 1.35 bits per heavy atom. The minimum Gasteiger partial charge on any atom is -0.476 e. The third kappa shape index (κ3) is 1.46. The van der Waals surface area contributed by atoms with Crippen molar-refractivity contribution >= 4 is 10.9 Å². The number of benzene rings is 1. The maximum absolute atomic E-state index is 12.3. The maximum Gasteiger partial charge on any atom is 0.201 e. The van der Waals surface area contributed by atoms with Crippen LogP contribution in [0.4, 0.5) is 0 Å². The Labute approximate surface area is 99.6 Å². The first kappa shape index (κ1) is 10.4. The lowest BCUT2D eigenvalue weighted by Gasteiger charge is -2.25. The highest BCUT2D eigenvalue weighted by Crippen LogP contribution is 2.27. The summed E-state index contributed by atoms with van der Waals surface area (Å²) >= 11 is 0. The van der Waals surface area contributed by atoms with Gasteiger partial charge in [-0.05, 0) is 31.9 Å². The molecule has 17 heavy (non-hydrogen) atoms. The van der Waals surface area contributed by atoms with E-state index in [0.717, 1.165) is 35.2 Å². The van der Waals surface area contributed by atoms with Crippen molar-refractivity contribution in [2.24, 2.45) is 7.05 Å². The van der Waals surface area contributed by atoms with Crippen LogP contribution in [0.3, 0.4) is 0 Å². The highest BCUT2D eigenvalue weighted by atomic mass is 16.5. The maximum atomic E-state index is 12.3. The molecule has 1 aromatic carbocycles. The fraction of sp³-hybridized carbons (Fsp3) is 0.357. The van der Waals surface area contributed by atoms with E-state index in [2.05, 4.69) is 0 Å². The summed E-state index contributed by atoms with van der Waals surface area (Å²) in [6, 6.07) is 7.69. The molecule has 1 aliphatic heterocycles. The largest absolute Gasteiger partial charge is 0.476 e. The van der Waals surface area contributed by atoms with Crippen molar-refractivity contribution in [2.75, 3.05) is 0 Å². The first-order valence-electron chi connectivity index (χ1n) is 5.95. The van der Waals surface area contributed by atoms with Crippen molar-refractivity contribution in [1.82, 2.24) is 4.57 Å². The van der Waals surface area contributed by atoms with E-state index in [9.17, 15) is 4.79 Å². The van der Waals surface area contributed by atoms with Crippen molar-refractivity contribution in [2.45, 2.75) is 25.9 Å². The number of rotatable bonds is 0. The summed E-state index contributed by atoms with van der Waals surface area (Å²) in [5, 5.41) is 0.784. The number of hydrogen-bond donors (Lipinski definition) is 0. The second-order valence-electron chi connectivity index (χ2n) is 4.66. The van der Waals surface area contributed by atoms with Gasteiger partial charge in [-0.25, -0.2) is 0 Å². The number of fused-ring (bicyclic) bond motifs is 2. The van der Waals surface area contributed by atoms with E-state index in [-0.39, 0.29) is 11.5 Å². The van der Waals surface area contributed by atoms with Crippen molar-refractivity contribution in [3.05, 3.63) is 40.1 Å². The van der Waals surface area contributed by atoms with Gasteiger partial charge in [0, 0.05) is 12.4 Å². The van der Waals surface area contributed by atoms with Gasteiger partial charge < -0.3 is 9.30 Å². The molecule has 0 saturated heterocycles. The molecule has 1 aromatic heterocycles. The zero-order valence-electron chi connectivity index (χ0n) is 10.1. The van der Waals surface area contributed by atoms with E-state index in [4.69, 9.17) is 4.74 Å². The normalized spacial score (nSPS) is 18.8. The van der Waals surface area contributed by atoms with Crippen LogP contribution in [-0.2, 0) is 13.5 Å². The fourth-order valence-electron chi connectivity index (χ4n) is 2.50. The average molecular weight is 229 g/mol. The van der Waals surface area contributed by atoms with Crippen LogP contribution in [0, 0.1) is 0 Å². The summed E-state index contributed by atoms with van der Waals surface area (Å²) < 4.78 is 7.80. The molecule has 0 radical (unpaired) electrons. The van der Waals surface area contributed by atoms with Gasteiger partial charge in [-0.2, -0.15) is 0 Å². The van der Waals surface area contributed by atoms with Crippen LogP contribution in [0.15, 0.2) is 29.1 Å². The molecule has 0 bridgehead atoms. The third-order valence-corrected chi connectivity index (χ3v) is 3.46. The molecule has 3 nitrogen and oxygen atoms in total. The minimum atomic E-state index is 0.126. The molecule has 0 aliphatic carbocycles. The molecule has 3 rings (SSSR count). The van der Waals surface area contributed by atoms with E-state index in [1.54, 1.807) is 0 Å². The highest BCUT2D eigenvalue weighted by Gasteiger charge is 2.22. The molecule has 88 valence electrons. The van der Waals surface area contributed by atoms with Gasteiger partial charge in [-0.3, -0.25) is 4.79 Å². The van der Waals surface area contributed by atoms with Crippen molar-refractivity contribution in [1.29, 1.82) is 0 Å². The molecule has 0 fully saturated rings. The Morgan fingerprint density at radius 3 is 2.94 bits per heavy atom. The molecule has 2 heterocycles. The monoisotopic (exact) mass is 229 g/mol. The number of aromatic nitrogens is 1. The summed E-state index contributed by atoms with van der Waals surface area (Å²) in [7, 11) is 1.96. The average Bonchev–Trinajstić information content (AvgIpc) is 2.36. The van der Waals surface area contributed by atoms with Gasteiger partial charge >= 0.3 is 0 Å². The Morgan fingerprint density at radius 2 is 2.12 bits per heavy atom. The molecule has 0 saturated carbocycles. The van der Waals surface area contributed by atoms with Crippen LogP contribution in [0.5, 0.6) is 5.88 Å². The van der Waals surface area contributed by atoms with Crippen molar-refractivity contribution < 1.29 is 4.74 Å². The lowest BCUT2D eigenvalue weighted by Crippen LogP contribution is -2.27. The predicted molar refractivity (Wildman–Crippen MR) is 67.6 cm³/mol. The number of ether oxygens (including phenoxy) is 1. The molecule has 1 unspecified atom stereocenters.